The fourth-order valence-electron chi connectivity index (χ4n) is 4.52. The molecular weight excluding hydrogens is 718 g/mol. The van der Waals surface area contributed by atoms with Gasteiger partial charge in [-0.2, -0.15) is 4.98 Å². The third kappa shape index (κ3) is 24.1. The summed E-state index contributed by atoms with van der Waals surface area (Å²) < 4.78 is 11.3. The molecule has 0 bridgehead atoms. The normalized spacial score (nSPS) is 12.1. The molecule has 2 fully saturated rings. The second kappa shape index (κ2) is 35.4. The molecule has 6 rings (SSSR count). The van der Waals surface area contributed by atoms with E-state index in [9.17, 15) is 14.4 Å². The highest BCUT2D eigenvalue weighted by atomic mass is 16.5. The zero-order valence-electron chi connectivity index (χ0n) is 35.1. The molecule has 0 saturated carbocycles. The van der Waals surface area contributed by atoms with Gasteiger partial charge in [-0.25, -0.2) is 4.98 Å². The van der Waals surface area contributed by atoms with Crippen LogP contribution in [0.4, 0.5) is 5.88 Å². The van der Waals surface area contributed by atoms with E-state index in [1.54, 1.807) is 24.5 Å². The van der Waals surface area contributed by atoms with Gasteiger partial charge in [-0.15, -0.1) is 0 Å². The van der Waals surface area contributed by atoms with Gasteiger partial charge in [0.15, 0.2) is 0 Å². The lowest BCUT2D eigenvalue weighted by molar-refractivity contribution is -0.131. The van der Waals surface area contributed by atoms with Crippen molar-refractivity contribution in [3.8, 4) is 22.5 Å². The first-order valence-electron chi connectivity index (χ1n) is 18.9. The molecule has 0 radical (unpaired) electrons. The number of carbonyl (C=O) groups is 5. The fourth-order valence-corrected chi connectivity index (χ4v) is 4.52. The summed E-state index contributed by atoms with van der Waals surface area (Å²) in [5.41, 5.74) is 4.02. The number of H-pyrrole nitrogens is 1. The lowest BCUT2D eigenvalue weighted by Gasteiger charge is -2.14. The molecule has 2 aliphatic heterocycles. The van der Waals surface area contributed by atoms with Crippen molar-refractivity contribution in [3.05, 3.63) is 49.2 Å². The molecule has 0 unspecified atom stereocenters. The van der Waals surface area contributed by atoms with E-state index in [0.29, 0.717) is 24.7 Å². The van der Waals surface area contributed by atoms with Crippen LogP contribution in [0.3, 0.4) is 0 Å². The van der Waals surface area contributed by atoms with Gasteiger partial charge in [0.2, 0.25) is 17.7 Å². The van der Waals surface area contributed by atoms with E-state index >= 15 is 0 Å². The molecule has 0 aliphatic carbocycles. The molecule has 56 heavy (non-hydrogen) atoms. The van der Waals surface area contributed by atoms with Crippen molar-refractivity contribution in [1.82, 2.24) is 39.8 Å². The Morgan fingerprint density at radius 3 is 1.84 bits per heavy atom. The molecule has 5 heterocycles. The van der Waals surface area contributed by atoms with E-state index in [0.717, 1.165) is 54.7 Å². The van der Waals surface area contributed by atoms with Crippen molar-refractivity contribution in [1.29, 1.82) is 0 Å². The molecule has 0 spiro atoms. The molecule has 314 valence electrons. The van der Waals surface area contributed by atoms with Gasteiger partial charge in [-0.3, -0.25) is 18.8 Å². The Balaban J connectivity index is 0. The topological polar surface area (TPSA) is 196 Å². The Labute approximate surface area is 333 Å². The predicted molar refractivity (Wildman–Crippen MR) is 223 cm³/mol. The van der Waals surface area contributed by atoms with Gasteiger partial charge in [-0.05, 0) is 58.4 Å². The highest BCUT2D eigenvalue weighted by Gasteiger charge is 2.17. The number of rotatable bonds is 8. The van der Waals surface area contributed by atoms with Crippen molar-refractivity contribution in [3.63, 3.8) is 0 Å². The molecule has 4 N–H and O–H groups in total. The monoisotopic (exact) mass is 786 g/mol. The molecule has 2 amide bonds. The molecule has 2 saturated heterocycles. The van der Waals surface area contributed by atoms with Crippen LogP contribution in [0.25, 0.3) is 28.4 Å². The minimum Gasteiger partial charge on any atom is -0.471 e. The van der Waals surface area contributed by atoms with Gasteiger partial charge >= 0.3 is 5.84 Å². The van der Waals surface area contributed by atoms with Crippen LogP contribution in [0.5, 0.6) is 0 Å². The van der Waals surface area contributed by atoms with Crippen LogP contribution in [-0.4, -0.2) is 128 Å². The summed E-state index contributed by atoms with van der Waals surface area (Å²) in [6.45, 7) is 17.2. The van der Waals surface area contributed by atoms with Crippen LogP contribution in [0.1, 0.15) is 73.1 Å². The van der Waals surface area contributed by atoms with Crippen LogP contribution in [0, 0.1) is 0 Å². The number of likely N-dealkylation sites (tertiary alicyclic amines) is 2. The van der Waals surface area contributed by atoms with Crippen molar-refractivity contribution < 1.29 is 33.1 Å². The summed E-state index contributed by atoms with van der Waals surface area (Å²) in [6.07, 6.45) is 15.6. The number of methoxy groups -OCH3 is 1. The van der Waals surface area contributed by atoms with E-state index in [1.165, 1.54) is 52.8 Å². The Morgan fingerprint density at radius 2 is 1.46 bits per heavy atom. The van der Waals surface area contributed by atoms with Crippen LogP contribution >= 0.6 is 0 Å². The van der Waals surface area contributed by atoms with E-state index in [4.69, 9.17) is 14.0 Å². The number of nitrogens with zero attached hydrogens (tertiary/aromatic N) is 5. The first-order valence-corrected chi connectivity index (χ1v) is 18.9. The maximum Gasteiger partial charge on any atom is 0.308 e. The first-order chi connectivity index (χ1) is 27.1. The number of aromatic amines is 1. The summed E-state index contributed by atoms with van der Waals surface area (Å²) in [5, 5.41) is 8.09. The second-order valence-corrected chi connectivity index (χ2v) is 12.2. The minimum absolute atomic E-state index is 0.0303. The fraction of sp³-hybridized carbons (Fsp3) is 0.525. The minimum atomic E-state index is -0.150. The molecule has 0 atom stereocenters. The number of carbonyl (C=O) groups excluding carboxylic acids is 5. The number of amides is 2. The number of benzene rings is 1. The van der Waals surface area contributed by atoms with Crippen LogP contribution in [0.15, 0.2) is 53.6 Å². The van der Waals surface area contributed by atoms with Gasteiger partial charge < -0.3 is 49.5 Å². The highest BCUT2D eigenvalue weighted by Crippen LogP contribution is 2.25. The highest BCUT2D eigenvalue weighted by molar-refractivity contribution is 5.83. The number of aldehydes is 1. The van der Waals surface area contributed by atoms with Crippen LogP contribution in [0.2, 0.25) is 0 Å². The average Bonchev–Trinajstić information content (AvgIpc) is 4.06. The lowest BCUT2D eigenvalue weighted by atomic mass is 10.1. The zero-order valence-corrected chi connectivity index (χ0v) is 35.1. The number of likely N-dealkylation sites (N-methyl/N-ethyl adjacent to an activating group) is 1. The quantitative estimate of drug-likeness (QED) is 0.168. The van der Waals surface area contributed by atoms with Crippen molar-refractivity contribution in [2.75, 3.05) is 72.8 Å². The third-order valence-corrected chi connectivity index (χ3v) is 7.05. The number of nitrogens with one attached hydrogen (secondary N) is 4. The van der Waals surface area contributed by atoms with Gasteiger partial charge in [-0.1, -0.05) is 64.8 Å². The Kier molecular flexibility index (Phi) is 33.3. The summed E-state index contributed by atoms with van der Waals surface area (Å²) in [4.78, 5) is 63.8. The zero-order chi connectivity index (χ0) is 42.6. The third-order valence-electron chi connectivity index (χ3n) is 7.05. The summed E-state index contributed by atoms with van der Waals surface area (Å²) in [6, 6.07) is 8.17. The number of imidazole rings is 2. The SMILES string of the molecule is C=O.CC(=O)NCC(=O)N1CCCC1.CCC.CCC.CN1CCCC1.CNCC=O.CNc1cn2cc(-c3ccc(-c4cnc[nH]4)cc3)nc2o1.COC=O. The Bertz CT molecular complexity index is 1500. The molecule has 16 heteroatoms. The van der Waals surface area contributed by atoms with E-state index in [1.807, 2.05) is 54.9 Å². The van der Waals surface area contributed by atoms with Crippen LogP contribution in [-0.2, 0) is 28.7 Å². The maximum absolute atomic E-state index is 11.3. The molecular formula is C40H67N9O7. The van der Waals surface area contributed by atoms with E-state index in [2.05, 4.69) is 75.3 Å². The van der Waals surface area contributed by atoms with Crippen molar-refractivity contribution in [2.45, 2.75) is 73.1 Å². The lowest BCUT2D eigenvalue weighted by Crippen LogP contribution is -2.37. The second-order valence-electron chi connectivity index (χ2n) is 12.2. The van der Waals surface area contributed by atoms with Gasteiger partial charge in [0.25, 0.3) is 6.47 Å². The number of anilines is 1. The van der Waals surface area contributed by atoms with Crippen LogP contribution < -0.4 is 16.0 Å². The molecule has 3 aromatic heterocycles. The number of ether oxygens (including phenoxy) is 1. The smallest absolute Gasteiger partial charge is 0.308 e. The van der Waals surface area contributed by atoms with Gasteiger partial charge in [0.05, 0.1) is 50.3 Å². The van der Waals surface area contributed by atoms with Crippen molar-refractivity contribution in [2.24, 2.45) is 0 Å². The number of aromatic nitrogens is 4. The van der Waals surface area contributed by atoms with E-state index < -0.39 is 0 Å². The predicted octanol–water partition coefficient (Wildman–Crippen LogP) is 5.32. The molecule has 1 aromatic carbocycles. The average molecular weight is 786 g/mol. The number of fused-ring (bicyclic) bond motifs is 1. The number of hydrogen-bond acceptors (Lipinski definition) is 12. The summed E-state index contributed by atoms with van der Waals surface area (Å²) in [5.74, 6) is 1.15. The number of oxazole rings is 1. The first kappa shape index (κ1) is 52.8. The van der Waals surface area contributed by atoms with Gasteiger partial charge in [0.1, 0.15) is 13.1 Å². The molecule has 4 aromatic rings. The largest absolute Gasteiger partial charge is 0.471 e. The van der Waals surface area contributed by atoms with Gasteiger partial charge in [0, 0.05) is 38.8 Å². The molecule has 2 aliphatic rings. The molecule has 16 nitrogen and oxygen atoms in total. The standard InChI is InChI=1S/C15H13N5O.C8H14N2O2.C5H11N.C3H7NO.2C3H8.C2H4O2.CH2O/c1-16-14-8-20-7-13(19-15(20)21-14)11-4-2-10(3-5-11)12-6-17-9-18-12;1-7(11)9-6-8(12)10-4-2-3-5-10;1-6-4-2-3-5-6;1-4-2-3-5;2*1-3-2;1-4-2-3;1-2/h2-9,16H,1H3,(H,17,18);2-6H2,1H3,(H,9,11);2-5H2,1H3;3-4H,2H2,1H3;2*3H2,1-2H3;2H,1H3;1H2. The number of hydrogen-bond donors (Lipinski definition) is 4. The summed E-state index contributed by atoms with van der Waals surface area (Å²) >= 11 is 0. The van der Waals surface area contributed by atoms with E-state index in [-0.39, 0.29) is 18.4 Å². The maximum atomic E-state index is 11.3. The Morgan fingerprint density at radius 1 is 0.929 bits per heavy atom. The summed E-state index contributed by atoms with van der Waals surface area (Å²) in [7, 11) is 7.03. The Hall–Kier alpha value is -5.35. The van der Waals surface area contributed by atoms with Crippen molar-refractivity contribution >= 4 is 43.1 Å².